The molecule has 0 bridgehead atoms. The molecule has 1 aliphatic rings. The van der Waals surface area contributed by atoms with E-state index in [-0.39, 0.29) is 6.17 Å². The van der Waals surface area contributed by atoms with Gasteiger partial charge in [-0.2, -0.15) is 0 Å². The Balaban J connectivity index is 0.914. The Morgan fingerprint density at radius 1 is 0.354 bits per heavy atom. The Kier molecular flexibility index (Phi) is 9.53. The summed E-state index contributed by atoms with van der Waals surface area (Å²) in [6.45, 7) is 0. The summed E-state index contributed by atoms with van der Waals surface area (Å²) in [6.07, 6.45) is -0.356. The van der Waals surface area contributed by atoms with Crippen LogP contribution in [0.5, 0.6) is 0 Å². The second-order valence-electron chi connectivity index (χ2n) is 16.6. The minimum absolute atomic E-state index is 0.356. The van der Waals surface area contributed by atoms with Gasteiger partial charge in [-0.15, -0.1) is 0 Å². The van der Waals surface area contributed by atoms with Crippen LogP contribution in [0.2, 0.25) is 0 Å². The molecule has 1 atom stereocenters. The number of benzene rings is 10. The molecular weight excluding hydrogens is 791 g/mol. The van der Waals surface area contributed by atoms with Crippen molar-refractivity contribution in [2.24, 2.45) is 9.98 Å². The van der Waals surface area contributed by atoms with Crippen LogP contribution in [0.4, 0.5) is 0 Å². The van der Waals surface area contributed by atoms with E-state index in [4.69, 9.17) is 14.4 Å². The molecule has 0 fully saturated rings. The largest absolute Gasteiger partial charge is 0.456 e. The van der Waals surface area contributed by atoms with E-state index in [9.17, 15) is 0 Å². The molecule has 0 radical (unpaired) electrons. The van der Waals surface area contributed by atoms with Crippen LogP contribution in [0.15, 0.2) is 251 Å². The minimum Gasteiger partial charge on any atom is -0.456 e. The van der Waals surface area contributed by atoms with Gasteiger partial charge in [0.1, 0.15) is 23.2 Å². The Bertz CT molecular complexity index is 3640. The van der Waals surface area contributed by atoms with Gasteiger partial charge >= 0.3 is 0 Å². The molecule has 12 rings (SSSR count). The van der Waals surface area contributed by atoms with E-state index in [0.29, 0.717) is 5.84 Å². The van der Waals surface area contributed by atoms with E-state index >= 15 is 0 Å². The van der Waals surface area contributed by atoms with Crippen LogP contribution in [-0.4, -0.2) is 11.7 Å². The number of nitrogens with zero attached hydrogens (tertiary/aromatic N) is 2. The maximum Gasteiger partial charge on any atom is 0.159 e. The zero-order valence-corrected chi connectivity index (χ0v) is 35.4. The van der Waals surface area contributed by atoms with E-state index in [1.54, 1.807) is 0 Å². The van der Waals surface area contributed by atoms with Gasteiger partial charge in [0, 0.05) is 21.9 Å². The van der Waals surface area contributed by atoms with Crippen LogP contribution >= 0.6 is 0 Å². The molecule has 0 saturated carbocycles. The fraction of sp³-hybridized carbons (Fsp3) is 0.0164. The van der Waals surface area contributed by atoms with Gasteiger partial charge in [-0.25, -0.2) is 9.98 Å². The molecule has 306 valence electrons. The third-order valence-electron chi connectivity index (χ3n) is 12.5. The van der Waals surface area contributed by atoms with Crippen LogP contribution < -0.4 is 5.32 Å². The third kappa shape index (κ3) is 7.27. The molecule has 11 aromatic rings. The van der Waals surface area contributed by atoms with E-state index in [0.717, 1.165) is 100 Å². The highest BCUT2D eigenvalue weighted by Crippen LogP contribution is 2.41. The first-order chi connectivity index (χ1) is 32.2. The van der Waals surface area contributed by atoms with Crippen molar-refractivity contribution in [3.8, 4) is 55.6 Å². The first-order valence-corrected chi connectivity index (χ1v) is 22.1. The molecule has 0 amide bonds. The standard InChI is InChI=1S/C61H41N3O/c1-3-15-40(16-4-1)43-20-11-27-50(37-43)59-62-60(51-28-12-21-44(38-51)41-17-5-2-6-18-41)64-61(63-59)52-29-13-25-48(39-52)46-23-9-22-45(35-46)47-24-10-26-49(36-47)54-31-14-32-55-58(54)57-53-30-8-7-19-42(53)33-34-56(57)65-55/h1-39,59H,(H,62,63,64). The summed E-state index contributed by atoms with van der Waals surface area (Å²) in [4.78, 5) is 10.6. The predicted octanol–water partition coefficient (Wildman–Crippen LogP) is 15.6. The minimum atomic E-state index is -0.356. The highest BCUT2D eigenvalue weighted by atomic mass is 16.3. The van der Waals surface area contributed by atoms with E-state index in [1.165, 1.54) is 10.8 Å². The van der Waals surface area contributed by atoms with Gasteiger partial charge in [-0.05, 0) is 114 Å². The summed E-state index contributed by atoms with van der Waals surface area (Å²) in [7, 11) is 0. The van der Waals surface area contributed by atoms with E-state index < -0.39 is 0 Å². The molecule has 0 saturated heterocycles. The lowest BCUT2D eigenvalue weighted by Gasteiger charge is -2.24. The molecule has 65 heavy (non-hydrogen) atoms. The smallest absolute Gasteiger partial charge is 0.159 e. The van der Waals surface area contributed by atoms with Crippen molar-refractivity contribution < 1.29 is 4.42 Å². The predicted molar refractivity (Wildman–Crippen MR) is 270 cm³/mol. The topological polar surface area (TPSA) is 49.9 Å². The molecule has 2 heterocycles. The fourth-order valence-corrected chi connectivity index (χ4v) is 9.30. The molecule has 0 aliphatic carbocycles. The monoisotopic (exact) mass is 831 g/mol. The number of hydrogen-bond acceptors (Lipinski definition) is 4. The quantitative estimate of drug-likeness (QED) is 0.166. The fourth-order valence-electron chi connectivity index (χ4n) is 9.30. The van der Waals surface area contributed by atoms with Crippen molar-refractivity contribution in [3.05, 3.63) is 253 Å². The Hall–Kier alpha value is -8.60. The summed E-state index contributed by atoms with van der Waals surface area (Å²) in [5, 5.41) is 8.41. The van der Waals surface area contributed by atoms with E-state index in [2.05, 4.69) is 230 Å². The number of nitrogens with one attached hydrogen (secondary N) is 1. The van der Waals surface area contributed by atoms with Crippen molar-refractivity contribution >= 4 is 44.4 Å². The van der Waals surface area contributed by atoms with Crippen molar-refractivity contribution in [3.63, 3.8) is 0 Å². The molecule has 1 N–H and O–H groups in total. The zero-order valence-electron chi connectivity index (χ0n) is 35.4. The maximum absolute atomic E-state index is 6.44. The lowest BCUT2D eigenvalue weighted by atomic mass is 9.93. The lowest BCUT2D eigenvalue weighted by Crippen LogP contribution is -2.33. The molecule has 1 unspecified atom stereocenters. The second-order valence-corrected chi connectivity index (χ2v) is 16.6. The van der Waals surface area contributed by atoms with Gasteiger partial charge in [0.25, 0.3) is 0 Å². The van der Waals surface area contributed by atoms with E-state index in [1.807, 2.05) is 12.1 Å². The Morgan fingerprint density at radius 3 is 1.55 bits per heavy atom. The SMILES string of the molecule is c1ccc(-c2cccc(C3=NC(c4cccc(-c5cccc(-c6cccc(-c7cccc8oc9ccc%10ccccc%10c9c78)c6)c5)c4)=NC(c4cccc(-c5ccccc5)c4)N3)c2)cc1. The molecule has 1 aliphatic heterocycles. The van der Waals surface area contributed by atoms with Crippen molar-refractivity contribution in [2.45, 2.75) is 6.17 Å². The number of furan rings is 1. The number of rotatable bonds is 8. The normalized spacial score (nSPS) is 13.7. The Morgan fingerprint density at radius 2 is 0.846 bits per heavy atom. The zero-order chi connectivity index (χ0) is 43.1. The average Bonchev–Trinajstić information content (AvgIpc) is 3.79. The number of aliphatic imine (C=N–C) groups is 2. The molecule has 10 aromatic carbocycles. The van der Waals surface area contributed by atoms with Gasteiger partial charge in [0.05, 0.1) is 0 Å². The van der Waals surface area contributed by atoms with Crippen molar-refractivity contribution in [1.29, 1.82) is 0 Å². The molecule has 1 aromatic heterocycles. The molecule has 0 spiro atoms. The van der Waals surface area contributed by atoms with Crippen LogP contribution in [0.25, 0.3) is 88.3 Å². The highest BCUT2D eigenvalue weighted by Gasteiger charge is 2.23. The number of amidine groups is 2. The van der Waals surface area contributed by atoms with Crippen LogP contribution in [0.3, 0.4) is 0 Å². The first kappa shape index (κ1) is 38.1. The van der Waals surface area contributed by atoms with Crippen LogP contribution in [-0.2, 0) is 0 Å². The summed E-state index contributed by atoms with van der Waals surface area (Å²) >= 11 is 0. The Labute approximate surface area is 377 Å². The summed E-state index contributed by atoms with van der Waals surface area (Å²) < 4.78 is 6.44. The van der Waals surface area contributed by atoms with Gasteiger partial charge in [0.15, 0.2) is 5.84 Å². The number of hydrogen-bond donors (Lipinski definition) is 1. The van der Waals surface area contributed by atoms with Crippen LogP contribution in [0.1, 0.15) is 22.9 Å². The molecule has 4 heteroatoms. The third-order valence-corrected chi connectivity index (χ3v) is 12.5. The molecular formula is C61H41N3O. The van der Waals surface area contributed by atoms with Gasteiger partial charge in [-0.1, -0.05) is 194 Å². The van der Waals surface area contributed by atoms with Crippen molar-refractivity contribution in [1.82, 2.24) is 5.32 Å². The van der Waals surface area contributed by atoms with Crippen molar-refractivity contribution in [2.75, 3.05) is 0 Å². The highest BCUT2D eigenvalue weighted by molar-refractivity contribution is 6.22. The first-order valence-electron chi connectivity index (χ1n) is 22.1. The van der Waals surface area contributed by atoms with Gasteiger partial charge < -0.3 is 9.73 Å². The van der Waals surface area contributed by atoms with Crippen LogP contribution in [0, 0.1) is 0 Å². The van der Waals surface area contributed by atoms with Gasteiger partial charge in [0.2, 0.25) is 0 Å². The average molecular weight is 832 g/mol. The lowest BCUT2D eigenvalue weighted by molar-refractivity contribution is 0.669. The summed E-state index contributed by atoms with van der Waals surface area (Å²) in [5.74, 6) is 1.46. The summed E-state index contributed by atoms with van der Waals surface area (Å²) in [6, 6.07) is 83.6. The number of fused-ring (bicyclic) bond motifs is 5. The maximum atomic E-state index is 6.44. The van der Waals surface area contributed by atoms with Gasteiger partial charge in [-0.3, -0.25) is 0 Å². The summed E-state index contributed by atoms with van der Waals surface area (Å²) in [5.41, 5.74) is 16.2. The second kappa shape index (κ2) is 16.3. The molecule has 4 nitrogen and oxygen atoms in total.